The van der Waals surface area contributed by atoms with E-state index < -0.39 is 0 Å². The summed E-state index contributed by atoms with van der Waals surface area (Å²) >= 11 is 0. The normalized spacial score (nSPS) is 10.9. The maximum Gasteiger partial charge on any atom is 0.329 e. The van der Waals surface area contributed by atoms with Gasteiger partial charge in [0.05, 0.1) is 12.6 Å². The van der Waals surface area contributed by atoms with Gasteiger partial charge in [0.15, 0.2) is 0 Å². The van der Waals surface area contributed by atoms with E-state index >= 15 is 0 Å². The second-order valence-corrected chi connectivity index (χ2v) is 3.53. The third-order valence-electron chi connectivity index (χ3n) is 2.79. The molecule has 1 heterocycles. The lowest BCUT2D eigenvalue weighted by atomic mass is 10.3. The van der Waals surface area contributed by atoms with E-state index in [1.165, 1.54) is 0 Å². The van der Waals surface area contributed by atoms with Crippen LogP contribution in [0.15, 0.2) is 16.9 Å². The Balaban J connectivity index is 2.94. The van der Waals surface area contributed by atoms with Gasteiger partial charge < -0.3 is 4.74 Å². The SMILES string of the molecule is CCn1c(=O)n(CC)c2c(OC)c[c]cc21. The first-order valence-corrected chi connectivity index (χ1v) is 5.41. The van der Waals surface area contributed by atoms with Crippen LogP contribution in [0.5, 0.6) is 5.75 Å². The third-order valence-corrected chi connectivity index (χ3v) is 2.79. The number of aromatic nitrogens is 2. The van der Waals surface area contributed by atoms with Crippen molar-refractivity contribution in [2.45, 2.75) is 26.9 Å². The molecule has 0 saturated carbocycles. The van der Waals surface area contributed by atoms with Crippen molar-refractivity contribution in [2.24, 2.45) is 0 Å². The Morgan fingerprint density at radius 1 is 1.25 bits per heavy atom. The topological polar surface area (TPSA) is 36.2 Å². The zero-order valence-corrected chi connectivity index (χ0v) is 9.78. The number of hydrogen-bond acceptors (Lipinski definition) is 2. The van der Waals surface area contributed by atoms with Gasteiger partial charge in [-0.25, -0.2) is 4.79 Å². The molecular formula is C12H15N2O2. The highest BCUT2D eigenvalue weighted by Crippen LogP contribution is 2.24. The van der Waals surface area contributed by atoms with Crippen molar-refractivity contribution in [1.29, 1.82) is 0 Å². The number of aryl methyl sites for hydroxylation is 2. The van der Waals surface area contributed by atoms with Crippen molar-refractivity contribution in [3.63, 3.8) is 0 Å². The minimum absolute atomic E-state index is 0.0119. The first-order chi connectivity index (χ1) is 7.74. The van der Waals surface area contributed by atoms with Gasteiger partial charge in [0.1, 0.15) is 11.3 Å². The number of ether oxygens (including phenoxy) is 1. The van der Waals surface area contributed by atoms with Crippen molar-refractivity contribution in [2.75, 3.05) is 7.11 Å². The molecule has 0 aliphatic rings. The number of rotatable bonds is 3. The van der Waals surface area contributed by atoms with E-state index in [2.05, 4.69) is 6.07 Å². The van der Waals surface area contributed by atoms with Gasteiger partial charge >= 0.3 is 5.69 Å². The fourth-order valence-corrected chi connectivity index (χ4v) is 2.04. The maximum absolute atomic E-state index is 12.1. The lowest BCUT2D eigenvalue weighted by Crippen LogP contribution is -2.23. The summed E-state index contributed by atoms with van der Waals surface area (Å²) in [7, 11) is 1.61. The van der Waals surface area contributed by atoms with Gasteiger partial charge in [-0.1, -0.05) is 0 Å². The molecule has 0 fully saturated rings. The molecule has 85 valence electrons. The molecule has 0 saturated heterocycles. The summed E-state index contributed by atoms with van der Waals surface area (Å²) in [5.41, 5.74) is 1.75. The Labute approximate surface area is 94.1 Å². The van der Waals surface area contributed by atoms with Gasteiger partial charge in [0, 0.05) is 13.1 Å². The third kappa shape index (κ3) is 1.33. The van der Waals surface area contributed by atoms with Crippen LogP contribution in [0, 0.1) is 6.07 Å². The number of methoxy groups -OCH3 is 1. The van der Waals surface area contributed by atoms with Gasteiger partial charge in [-0.2, -0.15) is 0 Å². The lowest BCUT2D eigenvalue weighted by molar-refractivity contribution is 0.417. The minimum atomic E-state index is 0.0119. The van der Waals surface area contributed by atoms with Crippen LogP contribution in [-0.4, -0.2) is 16.2 Å². The lowest BCUT2D eigenvalue weighted by Gasteiger charge is -2.04. The average molecular weight is 219 g/mol. The number of imidazole rings is 1. The molecule has 0 aliphatic carbocycles. The summed E-state index contributed by atoms with van der Waals surface area (Å²) in [5, 5.41) is 0. The maximum atomic E-state index is 12.1. The Hall–Kier alpha value is -1.71. The van der Waals surface area contributed by atoms with Crippen LogP contribution < -0.4 is 10.4 Å². The molecule has 16 heavy (non-hydrogen) atoms. The molecule has 0 atom stereocenters. The van der Waals surface area contributed by atoms with E-state index in [0.717, 1.165) is 11.0 Å². The van der Waals surface area contributed by atoms with Crippen LogP contribution in [0.25, 0.3) is 11.0 Å². The van der Waals surface area contributed by atoms with E-state index in [1.54, 1.807) is 22.3 Å². The second kappa shape index (κ2) is 4.04. The van der Waals surface area contributed by atoms with Crippen molar-refractivity contribution in [3.05, 3.63) is 28.7 Å². The average Bonchev–Trinajstić information content (AvgIpc) is 2.59. The monoisotopic (exact) mass is 219 g/mol. The molecular weight excluding hydrogens is 204 g/mol. The van der Waals surface area contributed by atoms with Gasteiger partial charge in [0.25, 0.3) is 0 Å². The second-order valence-electron chi connectivity index (χ2n) is 3.53. The van der Waals surface area contributed by atoms with E-state index in [1.807, 2.05) is 19.9 Å². The molecule has 0 bridgehead atoms. The van der Waals surface area contributed by atoms with Crippen molar-refractivity contribution >= 4 is 11.0 Å². The van der Waals surface area contributed by atoms with Crippen molar-refractivity contribution < 1.29 is 4.74 Å². The quantitative estimate of drug-likeness (QED) is 0.787. The number of nitrogens with zero attached hydrogens (tertiary/aromatic N) is 2. The summed E-state index contributed by atoms with van der Waals surface area (Å²) < 4.78 is 8.74. The fraction of sp³-hybridized carbons (Fsp3) is 0.417. The minimum Gasteiger partial charge on any atom is -0.494 e. The molecule has 2 rings (SSSR count). The molecule has 1 aromatic heterocycles. The molecule has 4 heteroatoms. The predicted octanol–water partition coefficient (Wildman–Crippen LogP) is 1.65. The Kier molecular flexibility index (Phi) is 2.73. The Bertz CT molecular complexity index is 566. The van der Waals surface area contributed by atoms with E-state index in [0.29, 0.717) is 18.8 Å². The molecule has 0 amide bonds. The van der Waals surface area contributed by atoms with E-state index in [4.69, 9.17) is 4.74 Å². The van der Waals surface area contributed by atoms with Crippen LogP contribution in [-0.2, 0) is 13.1 Å². The van der Waals surface area contributed by atoms with Gasteiger partial charge in [-0.3, -0.25) is 9.13 Å². The van der Waals surface area contributed by atoms with Crippen molar-refractivity contribution in [3.8, 4) is 5.75 Å². The number of benzene rings is 1. The number of hydrogen-bond donors (Lipinski definition) is 0. The van der Waals surface area contributed by atoms with Crippen LogP contribution in [0.1, 0.15) is 13.8 Å². The number of fused-ring (bicyclic) bond motifs is 1. The van der Waals surface area contributed by atoms with Crippen molar-refractivity contribution in [1.82, 2.24) is 9.13 Å². The van der Waals surface area contributed by atoms with E-state index in [9.17, 15) is 4.79 Å². The molecule has 0 N–H and O–H groups in total. The van der Waals surface area contributed by atoms with Gasteiger partial charge in [0.2, 0.25) is 0 Å². The Morgan fingerprint density at radius 2 is 1.94 bits per heavy atom. The molecule has 0 aliphatic heterocycles. The van der Waals surface area contributed by atoms with E-state index in [-0.39, 0.29) is 5.69 Å². The summed E-state index contributed by atoms with van der Waals surface area (Å²) in [6.07, 6.45) is 0. The van der Waals surface area contributed by atoms with Gasteiger partial charge in [-0.05, 0) is 32.0 Å². The Morgan fingerprint density at radius 3 is 2.50 bits per heavy atom. The summed E-state index contributed by atoms with van der Waals surface area (Å²) in [5.74, 6) is 0.698. The highest BCUT2D eigenvalue weighted by molar-refractivity contribution is 5.82. The standard InChI is InChI=1S/C12H15N2O2/c1-4-13-9-7-6-8-10(16-3)11(9)14(5-2)12(13)15/h7-8H,4-5H2,1-3H3. The smallest absolute Gasteiger partial charge is 0.329 e. The zero-order valence-electron chi connectivity index (χ0n) is 9.78. The molecule has 4 nitrogen and oxygen atoms in total. The molecule has 0 unspecified atom stereocenters. The fourth-order valence-electron chi connectivity index (χ4n) is 2.04. The van der Waals surface area contributed by atoms with Crippen LogP contribution in [0.4, 0.5) is 0 Å². The highest BCUT2D eigenvalue weighted by Gasteiger charge is 2.14. The van der Waals surface area contributed by atoms with Crippen LogP contribution in [0.2, 0.25) is 0 Å². The summed E-state index contributed by atoms with van der Waals surface area (Å²) in [4.78, 5) is 12.1. The van der Waals surface area contributed by atoms with Crippen LogP contribution in [0.3, 0.4) is 0 Å². The van der Waals surface area contributed by atoms with Gasteiger partial charge in [-0.15, -0.1) is 0 Å². The van der Waals surface area contributed by atoms with Crippen LogP contribution >= 0.6 is 0 Å². The first-order valence-electron chi connectivity index (χ1n) is 5.41. The highest BCUT2D eigenvalue weighted by atomic mass is 16.5. The summed E-state index contributed by atoms with van der Waals surface area (Å²) in [6.45, 7) is 5.21. The largest absolute Gasteiger partial charge is 0.494 e. The summed E-state index contributed by atoms with van der Waals surface area (Å²) in [6, 6.07) is 6.58. The molecule has 0 spiro atoms. The molecule has 1 aromatic carbocycles. The first kappa shape index (κ1) is 10.8. The predicted molar refractivity (Wildman–Crippen MR) is 62.9 cm³/mol. The zero-order chi connectivity index (χ0) is 11.7. The molecule has 1 radical (unpaired) electrons. The molecule has 2 aromatic rings.